The van der Waals surface area contributed by atoms with Crippen LogP contribution in [0.2, 0.25) is 0 Å². The van der Waals surface area contributed by atoms with Crippen molar-refractivity contribution in [1.29, 1.82) is 0 Å². The van der Waals surface area contributed by atoms with E-state index in [0.717, 1.165) is 12.2 Å². The molecule has 3 nitrogen and oxygen atoms in total. The van der Waals surface area contributed by atoms with Crippen LogP contribution in [0.4, 0.5) is 5.69 Å². The van der Waals surface area contributed by atoms with Crippen LogP contribution >= 0.6 is 0 Å². The second kappa shape index (κ2) is 6.06. The fourth-order valence-corrected chi connectivity index (χ4v) is 1.45. The molecule has 82 valence electrons. The van der Waals surface area contributed by atoms with Gasteiger partial charge in [0.25, 0.3) is 0 Å². The first-order valence-electron chi connectivity index (χ1n) is 5.34. The number of hydrogen-bond donors (Lipinski definition) is 1. The van der Waals surface area contributed by atoms with E-state index in [-0.39, 0.29) is 5.91 Å². The highest BCUT2D eigenvalue weighted by Crippen LogP contribution is 2.11. The second-order valence-electron chi connectivity index (χ2n) is 3.30. The molecule has 0 bridgehead atoms. The summed E-state index contributed by atoms with van der Waals surface area (Å²) >= 11 is 0. The summed E-state index contributed by atoms with van der Waals surface area (Å²) in [4.78, 5) is 13.5. The van der Waals surface area contributed by atoms with Crippen LogP contribution in [0.15, 0.2) is 30.3 Å². The summed E-state index contributed by atoms with van der Waals surface area (Å²) in [5.74, 6) is 0.0724. The predicted molar refractivity (Wildman–Crippen MR) is 63.0 cm³/mol. The van der Waals surface area contributed by atoms with E-state index in [1.807, 2.05) is 49.1 Å². The van der Waals surface area contributed by atoms with Gasteiger partial charge in [-0.1, -0.05) is 18.2 Å². The Hall–Kier alpha value is -1.51. The molecule has 0 aliphatic carbocycles. The summed E-state index contributed by atoms with van der Waals surface area (Å²) in [7, 11) is 0. The molecular weight excluding hydrogens is 188 g/mol. The van der Waals surface area contributed by atoms with Crippen LogP contribution in [-0.4, -0.2) is 25.5 Å². The highest BCUT2D eigenvalue weighted by molar-refractivity contribution is 5.81. The van der Waals surface area contributed by atoms with Crippen molar-refractivity contribution < 1.29 is 4.79 Å². The Bertz CT molecular complexity index is 298. The van der Waals surface area contributed by atoms with Crippen molar-refractivity contribution in [3.63, 3.8) is 0 Å². The first kappa shape index (κ1) is 11.6. The number of benzene rings is 1. The number of carbonyl (C=O) groups excluding carboxylic acids is 1. The van der Waals surface area contributed by atoms with Crippen molar-refractivity contribution >= 4 is 11.6 Å². The molecule has 0 fully saturated rings. The van der Waals surface area contributed by atoms with E-state index in [2.05, 4.69) is 5.32 Å². The number of anilines is 1. The van der Waals surface area contributed by atoms with Crippen LogP contribution < -0.4 is 10.2 Å². The van der Waals surface area contributed by atoms with Gasteiger partial charge in [-0.25, -0.2) is 0 Å². The van der Waals surface area contributed by atoms with E-state index in [1.54, 1.807) is 0 Å². The standard InChI is InChI=1S/C12H18N2O/c1-3-13-12(15)10-14(4-2)11-8-6-5-7-9-11/h5-9H,3-4,10H2,1-2H3,(H,13,15). The van der Waals surface area contributed by atoms with Gasteiger partial charge in [-0.2, -0.15) is 0 Å². The molecule has 0 saturated heterocycles. The van der Waals surface area contributed by atoms with Crippen molar-refractivity contribution in [3.05, 3.63) is 30.3 Å². The summed E-state index contributed by atoms with van der Waals surface area (Å²) in [5.41, 5.74) is 1.09. The summed E-state index contributed by atoms with van der Waals surface area (Å²) in [6, 6.07) is 9.97. The first-order valence-corrected chi connectivity index (χ1v) is 5.34. The Morgan fingerprint density at radius 2 is 1.93 bits per heavy atom. The Balaban J connectivity index is 2.61. The van der Waals surface area contributed by atoms with Gasteiger partial charge in [0.1, 0.15) is 0 Å². The first-order chi connectivity index (χ1) is 7.27. The Kier molecular flexibility index (Phi) is 4.68. The Morgan fingerprint density at radius 1 is 1.27 bits per heavy atom. The predicted octanol–water partition coefficient (Wildman–Crippen LogP) is 1.65. The van der Waals surface area contributed by atoms with Crippen LogP contribution in [0.1, 0.15) is 13.8 Å². The van der Waals surface area contributed by atoms with Gasteiger partial charge in [-0.05, 0) is 26.0 Å². The minimum atomic E-state index is 0.0724. The Morgan fingerprint density at radius 3 is 2.47 bits per heavy atom. The average Bonchev–Trinajstić information content (AvgIpc) is 2.27. The SMILES string of the molecule is CCNC(=O)CN(CC)c1ccccc1. The molecule has 1 aromatic rings. The van der Waals surface area contributed by atoms with E-state index in [4.69, 9.17) is 0 Å². The fourth-order valence-electron chi connectivity index (χ4n) is 1.45. The zero-order valence-corrected chi connectivity index (χ0v) is 9.36. The number of nitrogens with one attached hydrogen (secondary N) is 1. The third-order valence-electron chi connectivity index (χ3n) is 2.21. The van der Waals surface area contributed by atoms with Gasteiger partial charge < -0.3 is 10.2 Å². The molecule has 0 radical (unpaired) electrons. The summed E-state index contributed by atoms with van der Waals surface area (Å²) < 4.78 is 0. The average molecular weight is 206 g/mol. The third-order valence-corrected chi connectivity index (χ3v) is 2.21. The Labute approximate surface area is 91.1 Å². The normalized spacial score (nSPS) is 9.73. The highest BCUT2D eigenvalue weighted by atomic mass is 16.2. The largest absolute Gasteiger partial charge is 0.363 e. The zero-order valence-electron chi connectivity index (χ0n) is 9.36. The highest BCUT2D eigenvalue weighted by Gasteiger charge is 2.07. The summed E-state index contributed by atoms with van der Waals surface area (Å²) in [6.45, 7) is 5.92. The number of hydrogen-bond acceptors (Lipinski definition) is 2. The number of para-hydroxylation sites is 1. The second-order valence-corrected chi connectivity index (χ2v) is 3.30. The van der Waals surface area contributed by atoms with Crippen molar-refractivity contribution in [2.75, 3.05) is 24.5 Å². The van der Waals surface area contributed by atoms with E-state index < -0.39 is 0 Å². The maximum absolute atomic E-state index is 11.4. The molecule has 0 heterocycles. The van der Waals surface area contributed by atoms with E-state index >= 15 is 0 Å². The lowest BCUT2D eigenvalue weighted by Crippen LogP contribution is -2.37. The molecule has 0 aromatic heterocycles. The third kappa shape index (κ3) is 3.62. The fraction of sp³-hybridized carbons (Fsp3) is 0.417. The molecule has 1 amide bonds. The molecule has 1 rings (SSSR count). The van der Waals surface area contributed by atoms with Crippen molar-refractivity contribution in [2.45, 2.75) is 13.8 Å². The number of nitrogens with zero attached hydrogens (tertiary/aromatic N) is 1. The van der Waals surface area contributed by atoms with Crippen LogP contribution in [0.25, 0.3) is 0 Å². The van der Waals surface area contributed by atoms with Gasteiger partial charge in [-0.3, -0.25) is 4.79 Å². The topological polar surface area (TPSA) is 32.3 Å². The van der Waals surface area contributed by atoms with E-state index in [0.29, 0.717) is 13.1 Å². The summed E-state index contributed by atoms with van der Waals surface area (Å²) in [5, 5.41) is 2.80. The van der Waals surface area contributed by atoms with Gasteiger partial charge in [-0.15, -0.1) is 0 Å². The molecule has 0 atom stereocenters. The van der Waals surface area contributed by atoms with E-state index in [1.165, 1.54) is 0 Å². The van der Waals surface area contributed by atoms with Crippen LogP contribution in [0.5, 0.6) is 0 Å². The molecule has 0 saturated carbocycles. The molecule has 3 heteroatoms. The lowest BCUT2D eigenvalue weighted by atomic mass is 10.3. The molecular formula is C12H18N2O. The van der Waals surface area contributed by atoms with Crippen LogP contribution in [0.3, 0.4) is 0 Å². The van der Waals surface area contributed by atoms with Crippen molar-refractivity contribution in [2.24, 2.45) is 0 Å². The smallest absolute Gasteiger partial charge is 0.239 e. The van der Waals surface area contributed by atoms with Gasteiger partial charge >= 0.3 is 0 Å². The van der Waals surface area contributed by atoms with E-state index in [9.17, 15) is 4.79 Å². The molecule has 0 unspecified atom stereocenters. The quantitative estimate of drug-likeness (QED) is 0.794. The number of likely N-dealkylation sites (N-methyl/N-ethyl adjacent to an activating group) is 2. The van der Waals surface area contributed by atoms with Crippen molar-refractivity contribution in [3.8, 4) is 0 Å². The molecule has 0 aliphatic rings. The van der Waals surface area contributed by atoms with Gasteiger partial charge in [0.2, 0.25) is 5.91 Å². The maximum Gasteiger partial charge on any atom is 0.239 e. The van der Waals surface area contributed by atoms with Gasteiger partial charge in [0.15, 0.2) is 0 Å². The number of carbonyl (C=O) groups is 1. The summed E-state index contributed by atoms with van der Waals surface area (Å²) in [6.07, 6.45) is 0. The molecule has 0 spiro atoms. The minimum absolute atomic E-state index is 0.0724. The minimum Gasteiger partial charge on any atom is -0.363 e. The van der Waals surface area contributed by atoms with Gasteiger partial charge in [0, 0.05) is 18.8 Å². The van der Waals surface area contributed by atoms with Crippen LogP contribution in [-0.2, 0) is 4.79 Å². The van der Waals surface area contributed by atoms with Crippen molar-refractivity contribution in [1.82, 2.24) is 5.32 Å². The van der Waals surface area contributed by atoms with Crippen LogP contribution in [0, 0.1) is 0 Å². The lowest BCUT2D eigenvalue weighted by Gasteiger charge is -2.22. The molecule has 0 aliphatic heterocycles. The zero-order chi connectivity index (χ0) is 11.1. The monoisotopic (exact) mass is 206 g/mol. The molecule has 1 N–H and O–H groups in total. The lowest BCUT2D eigenvalue weighted by molar-refractivity contribution is -0.119. The number of amides is 1. The molecule has 1 aromatic carbocycles. The maximum atomic E-state index is 11.4. The van der Waals surface area contributed by atoms with Gasteiger partial charge in [0.05, 0.1) is 6.54 Å². The molecule has 15 heavy (non-hydrogen) atoms. The number of rotatable bonds is 5.